The van der Waals surface area contributed by atoms with E-state index in [-0.39, 0.29) is 5.78 Å². The molecule has 0 bridgehead atoms. The molecule has 27 heavy (non-hydrogen) atoms. The topological polar surface area (TPSA) is 43.4 Å². The first-order chi connectivity index (χ1) is 13.0. The van der Waals surface area contributed by atoms with Crippen molar-refractivity contribution in [2.75, 3.05) is 0 Å². The average Bonchev–Trinajstić information content (AvgIpc) is 2.68. The number of aryl methyl sites for hydroxylation is 1. The van der Waals surface area contributed by atoms with Crippen LogP contribution in [0.3, 0.4) is 0 Å². The third-order valence-corrected chi connectivity index (χ3v) is 4.38. The fourth-order valence-electron chi connectivity index (χ4n) is 2.52. The lowest BCUT2D eigenvalue weighted by atomic mass is 10.1. The van der Waals surface area contributed by atoms with Crippen molar-refractivity contribution in [1.82, 2.24) is 0 Å². The van der Waals surface area contributed by atoms with Crippen molar-refractivity contribution in [3.8, 4) is 5.75 Å². The van der Waals surface area contributed by atoms with Gasteiger partial charge in [-0.15, -0.1) is 0 Å². The molecule has 0 aliphatic carbocycles. The minimum atomic E-state index is -0.425. The molecule has 0 aliphatic heterocycles. The molecule has 0 fully saturated rings. The van der Waals surface area contributed by atoms with E-state index in [0.717, 1.165) is 11.1 Å². The second-order valence-corrected chi connectivity index (χ2v) is 6.36. The van der Waals surface area contributed by atoms with Crippen molar-refractivity contribution in [2.45, 2.75) is 6.92 Å². The van der Waals surface area contributed by atoms with Crippen LogP contribution < -0.4 is 4.74 Å². The highest BCUT2D eigenvalue weighted by Crippen LogP contribution is 2.19. The summed E-state index contributed by atoms with van der Waals surface area (Å²) < 4.78 is 5.38. The van der Waals surface area contributed by atoms with Crippen molar-refractivity contribution in [3.05, 3.63) is 106 Å². The molecule has 0 aromatic heterocycles. The van der Waals surface area contributed by atoms with Gasteiger partial charge in [0.15, 0.2) is 5.78 Å². The first-order valence-electron chi connectivity index (χ1n) is 8.39. The highest BCUT2D eigenvalue weighted by atomic mass is 35.5. The molecule has 0 N–H and O–H groups in total. The van der Waals surface area contributed by atoms with Gasteiger partial charge in [0, 0.05) is 10.6 Å². The molecule has 134 valence electrons. The molecule has 0 saturated carbocycles. The van der Waals surface area contributed by atoms with Gasteiger partial charge in [-0.25, -0.2) is 4.79 Å². The van der Waals surface area contributed by atoms with Crippen LogP contribution in [0.1, 0.15) is 31.8 Å². The Bertz CT molecular complexity index is 1000. The Hall–Kier alpha value is -3.17. The summed E-state index contributed by atoms with van der Waals surface area (Å²) in [5.74, 6) is -0.202. The molecule has 0 aliphatic rings. The van der Waals surface area contributed by atoms with Gasteiger partial charge in [-0.2, -0.15) is 0 Å². The van der Waals surface area contributed by atoms with Gasteiger partial charge in [0.05, 0.1) is 5.56 Å². The number of benzene rings is 3. The lowest BCUT2D eigenvalue weighted by Crippen LogP contribution is -2.10. The molecule has 0 amide bonds. The quantitative estimate of drug-likeness (QED) is 0.246. The van der Waals surface area contributed by atoms with E-state index in [0.29, 0.717) is 21.9 Å². The van der Waals surface area contributed by atoms with Gasteiger partial charge in [0.1, 0.15) is 5.75 Å². The van der Waals surface area contributed by atoms with Crippen LogP contribution in [-0.2, 0) is 0 Å². The van der Waals surface area contributed by atoms with Crippen LogP contribution in [0.4, 0.5) is 0 Å². The number of hydrogen-bond donors (Lipinski definition) is 0. The molecule has 3 nitrogen and oxygen atoms in total. The number of carbonyl (C=O) groups excluding carboxylic acids is 2. The Morgan fingerprint density at radius 1 is 0.889 bits per heavy atom. The summed E-state index contributed by atoms with van der Waals surface area (Å²) in [6, 6.07) is 21.0. The molecule has 0 atom stereocenters. The van der Waals surface area contributed by atoms with E-state index in [2.05, 4.69) is 0 Å². The van der Waals surface area contributed by atoms with Crippen molar-refractivity contribution in [1.29, 1.82) is 0 Å². The maximum Gasteiger partial charge on any atom is 0.343 e. The van der Waals surface area contributed by atoms with Crippen molar-refractivity contribution in [2.24, 2.45) is 0 Å². The predicted octanol–water partition coefficient (Wildman–Crippen LogP) is 5.76. The van der Waals surface area contributed by atoms with Crippen LogP contribution in [0.2, 0.25) is 5.02 Å². The second kappa shape index (κ2) is 8.47. The molecule has 3 aromatic rings. The maximum absolute atomic E-state index is 12.3. The third kappa shape index (κ3) is 4.72. The summed E-state index contributed by atoms with van der Waals surface area (Å²) in [6.07, 6.45) is 3.15. The fourth-order valence-corrected chi connectivity index (χ4v) is 2.72. The van der Waals surface area contributed by atoms with E-state index in [9.17, 15) is 9.59 Å². The first-order valence-corrected chi connectivity index (χ1v) is 8.77. The Labute approximate surface area is 162 Å². The van der Waals surface area contributed by atoms with Gasteiger partial charge in [-0.05, 0) is 66.6 Å². The van der Waals surface area contributed by atoms with Gasteiger partial charge < -0.3 is 4.74 Å². The van der Waals surface area contributed by atoms with Crippen molar-refractivity contribution < 1.29 is 14.3 Å². The normalized spacial score (nSPS) is 10.7. The number of ether oxygens (including phenoxy) is 1. The number of carbonyl (C=O) groups is 2. The molecule has 0 spiro atoms. The fraction of sp³-hybridized carbons (Fsp3) is 0.0435. The molecule has 0 heterocycles. The number of hydrogen-bond acceptors (Lipinski definition) is 3. The Kier molecular flexibility index (Phi) is 5.84. The molecular formula is C23H17ClO3. The van der Waals surface area contributed by atoms with Gasteiger partial charge in [0.2, 0.25) is 0 Å². The molecule has 0 unspecified atom stereocenters. The van der Waals surface area contributed by atoms with Crippen LogP contribution in [0, 0.1) is 6.92 Å². The zero-order valence-electron chi connectivity index (χ0n) is 14.7. The van der Waals surface area contributed by atoms with Gasteiger partial charge in [0.25, 0.3) is 0 Å². The lowest BCUT2D eigenvalue weighted by molar-refractivity contribution is 0.0734. The predicted molar refractivity (Wildman–Crippen MR) is 107 cm³/mol. The Morgan fingerprint density at radius 3 is 2.26 bits per heavy atom. The molecule has 4 heteroatoms. The second-order valence-electron chi connectivity index (χ2n) is 5.95. The molecule has 0 saturated heterocycles. The summed E-state index contributed by atoms with van der Waals surface area (Å²) in [5, 5.41) is 0.583. The van der Waals surface area contributed by atoms with Crippen LogP contribution in [0.5, 0.6) is 5.75 Å². The van der Waals surface area contributed by atoms with E-state index in [1.54, 1.807) is 48.5 Å². The van der Waals surface area contributed by atoms with Crippen LogP contribution in [0.25, 0.3) is 6.08 Å². The standard InChI is InChI=1S/C23H17ClO3/c1-16-6-2-4-8-20(16)23(26)27-19-13-10-18(11-14-19)22(25)15-12-17-7-3-5-9-21(17)24/h2-15H,1H3. The van der Waals surface area contributed by atoms with Gasteiger partial charge in [-0.1, -0.05) is 48.0 Å². The van der Waals surface area contributed by atoms with E-state index in [4.69, 9.17) is 16.3 Å². The Morgan fingerprint density at radius 2 is 1.56 bits per heavy atom. The van der Waals surface area contributed by atoms with E-state index in [1.165, 1.54) is 6.08 Å². The van der Waals surface area contributed by atoms with Crippen LogP contribution >= 0.6 is 11.6 Å². The lowest BCUT2D eigenvalue weighted by Gasteiger charge is -2.07. The SMILES string of the molecule is Cc1ccccc1C(=O)Oc1ccc(C(=O)C=Cc2ccccc2Cl)cc1. The largest absolute Gasteiger partial charge is 0.423 e. The summed E-state index contributed by atoms with van der Waals surface area (Å²) >= 11 is 6.07. The average molecular weight is 377 g/mol. The maximum atomic E-state index is 12.3. The summed E-state index contributed by atoms with van der Waals surface area (Å²) in [4.78, 5) is 24.5. The number of ketones is 1. The first kappa shape index (κ1) is 18.6. The molecule has 0 radical (unpaired) electrons. The summed E-state index contributed by atoms with van der Waals surface area (Å²) in [6.45, 7) is 1.85. The van der Waals surface area contributed by atoms with E-state index < -0.39 is 5.97 Å². The number of halogens is 1. The van der Waals surface area contributed by atoms with Crippen LogP contribution in [0.15, 0.2) is 78.9 Å². The van der Waals surface area contributed by atoms with Gasteiger partial charge >= 0.3 is 5.97 Å². The zero-order chi connectivity index (χ0) is 19.2. The van der Waals surface area contributed by atoms with Gasteiger partial charge in [-0.3, -0.25) is 4.79 Å². The number of rotatable bonds is 5. The smallest absolute Gasteiger partial charge is 0.343 e. The highest BCUT2D eigenvalue weighted by molar-refractivity contribution is 6.32. The monoisotopic (exact) mass is 376 g/mol. The summed E-state index contributed by atoms with van der Waals surface area (Å²) in [5.41, 5.74) is 2.63. The van der Waals surface area contributed by atoms with Crippen LogP contribution in [-0.4, -0.2) is 11.8 Å². The summed E-state index contributed by atoms with van der Waals surface area (Å²) in [7, 11) is 0. The Balaban J connectivity index is 1.68. The number of esters is 1. The molecule has 3 aromatic carbocycles. The van der Waals surface area contributed by atoms with Crippen molar-refractivity contribution >= 4 is 29.4 Å². The van der Waals surface area contributed by atoms with E-state index in [1.807, 2.05) is 37.3 Å². The van der Waals surface area contributed by atoms with Crippen molar-refractivity contribution in [3.63, 3.8) is 0 Å². The number of allylic oxidation sites excluding steroid dienone is 1. The van der Waals surface area contributed by atoms with E-state index >= 15 is 0 Å². The molecule has 3 rings (SSSR count). The third-order valence-electron chi connectivity index (χ3n) is 4.03. The minimum Gasteiger partial charge on any atom is -0.423 e. The minimum absolute atomic E-state index is 0.160. The highest BCUT2D eigenvalue weighted by Gasteiger charge is 2.11. The zero-order valence-corrected chi connectivity index (χ0v) is 15.4. The molecular weight excluding hydrogens is 360 g/mol.